The highest BCUT2D eigenvalue weighted by Crippen LogP contribution is 2.14. The highest BCUT2D eigenvalue weighted by atomic mass is 16.4. The van der Waals surface area contributed by atoms with Gasteiger partial charge in [-0.1, -0.05) is 11.2 Å². The highest BCUT2D eigenvalue weighted by molar-refractivity contribution is 5.80. The van der Waals surface area contributed by atoms with E-state index in [1.54, 1.807) is 12.4 Å². The van der Waals surface area contributed by atoms with E-state index in [0.717, 1.165) is 17.1 Å². The molecule has 0 aliphatic heterocycles. The third kappa shape index (κ3) is 4.41. The first-order valence-electron chi connectivity index (χ1n) is 6.59. The number of rotatable bonds is 6. The summed E-state index contributed by atoms with van der Waals surface area (Å²) in [4.78, 5) is 6.12. The summed E-state index contributed by atoms with van der Waals surface area (Å²) in [5, 5.41) is 19.9. The van der Waals surface area contributed by atoms with Crippen LogP contribution < -0.4 is 10.6 Å². The fourth-order valence-corrected chi connectivity index (χ4v) is 1.85. The molecule has 2 heterocycles. The van der Waals surface area contributed by atoms with Gasteiger partial charge in [0.15, 0.2) is 5.82 Å². The molecule has 0 amide bonds. The smallest absolute Gasteiger partial charge is 0.151 e. The van der Waals surface area contributed by atoms with Gasteiger partial charge >= 0.3 is 0 Å². The van der Waals surface area contributed by atoms with Crippen LogP contribution in [0.2, 0.25) is 0 Å². The van der Waals surface area contributed by atoms with E-state index in [4.69, 9.17) is 10.9 Å². The normalized spacial score (nSPS) is 11.4. The lowest BCUT2D eigenvalue weighted by Crippen LogP contribution is -2.28. The van der Waals surface area contributed by atoms with Gasteiger partial charge in [0.05, 0.1) is 5.69 Å². The molecule has 0 spiro atoms. The average molecular weight is 286 g/mol. The predicted octanol–water partition coefficient (Wildman–Crippen LogP) is 1.32. The molecule has 0 aliphatic carbocycles. The molecule has 2 aromatic heterocycles. The van der Waals surface area contributed by atoms with Crippen molar-refractivity contribution < 1.29 is 5.21 Å². The summed E-state index contributed by atoms with van der Waals surface area (Å²) in [6.07, 6.45) is 3.97. The standard InChI is InChI=1S/C14H18N6O/c1-11-4-5-14(18-17-11)20(8-6-13(15)19-21)10-12-3-2-7-16-9-12/h2-5,7,9,21H,6,8,10H2,1H3,(H2,15,19). The van der Waals surface area contributed by atoms with Gasteiger partial charge in [0.1, 0.15) is 5.84 Å². The average Bonchev–Trinajstić information content (AvgIpc) is 2.53. The van der Waals surface area contributed by atoms with Crippen LogP contribution in [0.5, 0.6) is 0 Å². The molecule has 0 aliphatic rings. The number of oxime groups is 1. The number of aryl methyl sites for hydroxylation is 1. The lowest BCUT2D eigenvalue weighted by Gasteiger charge is -2.23. The number of aromatic nitrogens is 3. The zero-order valence-corrected chi connectivity index (χ0v) is 11.8. The maximum absolute atomic E-state index is 8.65. The number of nitrogens with zero attached hydrogens (tertiary/aromatic N) is 5. The molecule has 110 valence electrons. The van der Waals surface area contributed by atoms with Crippen LogP contribution in [0, 0.1) is 6.92 Å². The van der Waals surface area contributed by atoms with E-state index in [-0.39, 0.29) is 5.84 Å². The zero-order chi connectivity index (χ0) is 15.1. The van der Waals surface area contributed by atoms with Crippen LogP contribution in [0.1, 0.15) is 17.7 Å². The molecule has 21 heavy (non-hydrogen) atoms. The van der Waals surface area contributed by atoms with E-state index < -0.39 is 0 Å². The van der Waals surface area contributed by atoms with E-state index in [1.165, 1.54) is 0 Å². The quantitative estimate of drug-likeness (QED) is 0.359. The lowest BCUT2D eigenvalue weighted by molar-refractivity contribution is 0.317. The molecular formula is C14H18N6O. The number of anilines is 1. The van der Waals surface area contributed by atoms with Crippen molar-refractivity contribution in [2.75, 3.05) is 11.4 Å². The van der Waals surface area contributed by atoms with Crippen molar-refractivity contribution in [3.8, 4) is 0 Å². The van der Waals surface area contributed by atoms with Gasteiger partial charge in [0.2, 0.25) is 0 Å². The Morgan fingerprint density at radius 2 is 2.19 bits per heavy atom. The molecule has 0 saturated carbocycles. The Morgan fingerprint density at radius 3 is 2.81 bits per heavy atom. The maximum atomic E-state index is 8.65. The molecule has 3 N–H and O–H groups in total. The van der Waals surface area contributed by atoms with E-state index >= 15 is 0 Å². The van der Waals surface area contributed by atoms with Gasteiger partial charge in [-0.05, 0) is 30.7 Å². The maximum Gasteiger partial charge on any atom is 0.151 e. The first kappa shape index (κ1) is 14.7. The van der Waals surface area contributed by atoms with E-state index in [2.05, 4.69) is 20.3 Å². The SMILES string of the molecule is Cc1ccc(N(CC/C(N)=N/O)Cc2cccnc2)nn1. The Bertz CT molecular complexity index is 584. The summed E-state index contributed by atoms with van der Waals surface area (Å²) in [5.41, 5.74) is 7.45. The van der Waals surface area contributed by atoms with Crippen molar-refractivity contribution in [1.82, 2.24) is 15.2 Å². The third-order valence-electron chi connectivity index (χ3n) is 2.97. The Balaban J connectivity index is 2.15. The monoisotopic (exact) mass is 286 g/mol. The largest absolute Gasteiger partial charge is 0.409 e. The Kier molecular flexibility index (Phi) is 5.03. The minimum absolute atomic E-state index is 0.186. The van der Waals surface area contributed by atoms with Gasteiger partial charge in [-0.2, -0.15) is 5.10 Å². The van der Waals surface area contributed by atoms with Crippen LogP contribution in [-0.4, -0.2) is 32.8 Å². The molecular weight excluding hydrogens is 268 g/mol. The van der Waals surface area contributed by atoms with Crippen molar-refractivity contribution in [3.63, 3.8) is 0 Å². The summed E-state index contributed by atoms with van der Waals surface area (Å²) < 4.78 is 0. The van der Waals surface area contributed by atoms with Crippen molar-refractivity contribution in [2.24, 2.45) is 10.9 Å². The van der Waals surface area contributed by atoms with E-state index in [1.807, 2.05) is 36.1 Å². The van der Waals surface area contributed by atoms with Crippen molar-refractivity contribution in [2.45, 2.75) is 19.9 Å². The number of pyridine rings is 1. The van der Waals surface area contributed by atoms with Crippen LogP contribution in [0.3, 0.4) is 0 Å². The van der Waals surface area contributed by atoms with Crippen LogP contribution in [-0.2, 0) is 6.54 Å². The van der Waals surface area contributed by atoms with Gasteiger partial charge in [0.25, 0.3) is 0 Å². The summed E-state index contributed by atoms with van der Waals surface area (Å²) in [7, 11) is 0. The minimum atomic E-state index is 0.186. The second-order valence-corrected chi connectivity index (χ2v) is 4.66. The summed E-state index contributed by atoms with van der Waals surface area (Å²) in [6, 6.07) is 7.69. The fourth-order valence-electron chi connectivity index (χ4n) is 1.85. The first-order chi connectivity index (χ1) is 10.2. The topological polar surface area (TPSA) is 101 Å². The number of hydrogen-bond donors (Lipinski definition) is 2. The second kappa shape index (κ2) is 7.18. The molecule has 7 nitrogen and oxygen atoms in total. The second-order valence-electron chi connectivity index (χ2n) is 4.66. The van der Waals surface area contributed by atoms with Gasteiger partial charge in [0, 0.05) is 31.9 Å². The first-order valence-corrected chi connectivity index (χ1v) is 6.59. The van der Waals surface area contributed by atoms with Gasteiger partial charge in [-0.15, -0.1) is 5.10 Å². The van der Waals surface area contributed by atoms with Crippen molar-refractivity contribution >= 4 is 11.7 Å². The molecule has 2 aromatic rings. The number of amidine groups is 1. The van der Waals surface area contributed by atoms with Gasteiger partial charge < -0.3 is 15.8 Å². The molecule has 0 bridgehead atoms. The van der Waals surface area contributed by atoms with E-state index in [9.17, 15) is 0 Å². The molecule has 0 aromatic carbocycles. The highest BCUT2D eigenvalue weighted by Gasteiger charge is 2.10. The lowest BCUT2D eigenvalue weighted by atomic mass is 10.2. The third-order valence-corrected chi connectivity index (χ3v) is 2.97. The molecule has 0 unspecified atom stereocenters. The van der Waals surface area contributed by atoms with Gasteiger partial charge in [-0.3, -0.25) is 4.98 Å². The molecule has 0 atom stereocenters. The van der Waals surface area contributed by atoms with Crippen molar-refractivity contribution in [1.29, 1.82) is 0 Å². The zero-order valence-electron chi connectivity index (χ0n) is 11.8. The van der Waals surface area contributed by atoms with Crippen LogP contribution in [0.4, 0.5) is 5.82 Å². The summed E-state index contributed by atoms with van der Waals surface area (Å²) in [6.45, 7) is 3.09. The van der Waals surface area contributed by atoms with E-state index in [0.29, 0.717) is 19.5 Å². The predicted molar refractivity (Wildman–Crippen MR) is 80.1 cm³/mol. The molecule has 0 radical (unpaired) electrons. The van der Waals surface area contributed by atoms with Crippen molar-refractivity contribution in [3.05, 3.63) is 47.9 Å². The number of nitrogens with two attached hydrogens (primary N) is 1. The molecule has 0 saturated heterocycles. The minimum Gasteiger partial charge on any atom is -0.409 e. The molecule has 7 heteroatoms. The molecule has 2 rings (SSSR count). The number of hydrogen-bond acceptors (Lipinski definition) is 6. The summed E-state index contributed by atoms with van der Waals surface area (Å²) >= 11 is 0. The van der Waals surface area contributed by atoms with Gasteiger partial charge in [-0.25, -0.2) is 0 Å². The summed E-state index contributed by atoms with van der Waals surface area (Å²) in [5.74, 6) is 0.932. The fraction of sp³-hybridized carbons (Fsp3) is 0.286. The molecule has 0 fully saturated rings. The Hall–Kier alpha value is -2.70. The Labute approximate surface area is 123 Å². The van der Waals surface area contributed by atoms with Crippen LogP contribution in [0.15, 0.2) is 41.8 Å². The van der Waals surface area contributed by atoms with Crippen LogP contribution in [0.25, 0.3) is 0 Å². The van der Waals surface area contributed by atoms with Crippen LogP contribution >= 0.6 is 0 Å². The Morgan fingerprint density at radius 1 is 1.33 bits per heavy atom.